The lowest BCUT2D eigenvalue weighted by atomic mass is 9.79. The minimum Gasteiger partial charge on any atom is -0.490 e. The van der Waals surface area contributed by atoms with Crippen LogP contribution in [-0.4, -0.2) is 39.0 Å². The summed E-state index contributed by atoms with van der Waals surface area (Å²) in [5.74, 6) is 0.0962. The van der Waals surface area contributed by atoms with Crippen LogP contribution in [0.3, 0.4) is 0 Å². The minimum absolute atomic E-state index is 0.111. The summed E-state index contributed by atoms with van der Waals surface area (Å²) in [7, 11) is -0.310. The Balaban J connectivity index is 1.79. The van der Waals surface area contributed by atoms with Crippen LogP contribution >= 0.6 is 0 Å². The van der Waals surface area contributed by atoms with Gasteiger partial charge in [0.1, 0.15) is 19.0 Å². The fourth-order valence-corrected chi connectivity index (χ4v) is 2.02. The van der Waals surface area contributed by atoms with Crippen molar-refractivity contribution in [3.63, 3.8) is 0 Å². The van der Waals surface area contributed by atoms with E-state index in [1.807, 2.05) is 31.2 Å². The maximum Gasteiger partial charge on any atom is 0.494 e. The maximum atomic E-state index is 11.2. The van der Waals surface area contributed by atoms with Crippen LogP contribution < -0.4 is 5.46 Å². The standard InChI is InChI=1S/C17H21BO5/c1-12(2)17(19)21-10-9-20-14(4)15-5-7-16(8-6-15)18-22-11-13(3)23-18/h5-8,13H,1,4,9-11H2,2-3H3. The molecule has 0 aliphatic carbocycles. The van der Waals surface area contributed by atoms with Crippen LogP contribution in [0.1, 0.15) is 19.4 Å². The molecule has 1 heterocycles. The van der Waals surface area contributed by atoms with Gasteiger partial charge < -0.3 is 18.8 Å². The van der Waals surface area contributed by atoms with Crippen LogP contribution in [0.15, 0.2) is 43.0 Å². The number of ether oxygens (including phenoxy) is 2. The number of hydrogen-bond donors (Lipinski definition) is 0. The van der Waals surface area contributed by atoms with E-state index in [1.54, 1.807) is 6.92 Å². The fraction of sp³-hybridized carbons (Fsp3) is 0.353. The van der Waals surface area contributed by atoms with E-state index in [4.69, 9.17) is 18.8 Å². The average molecular weight is 316 g/mol. The predicted octanol–water partition coefficient (Wildman–Crippen LogP) is 1.92. The monoisotopic (exact) mass is 316 g/mol. The van der Waals surface area contributed by atoms with E-state index < -0.39 is 5.97 Å². The van der Waals surface area contributed by atoms with Crippen LogP contribution in [-0.2, 0) is 23.6 Å². The zero-order chi connectivity index (χ0) is 16.8. The Kier molecular flexibility index (Phi) is 6.01. The Bertz CT molecular complexity index is 581. The Hall–Kier alpha value is -2.05. The normalized spacial score (nSPS) is 17.0. The SMILES string of the molecule is C=C(C)C(=O)OCCOC(=C)c1ccc(B2OCC(C)O2)cc1. The lowest BCUT2D eigenvalue weighted by molar-refractivity contribution is -0.139. The van der Waals surface area contributed by atoms with Gasteiger partial charge in [0.05, 0.1) is 12.7 Å². The molecular formula is C17H21BO5. The summed E-state index contributed by atoms with van der Waals surface area (Å²) in [5, 5.41) is 0. The molecule has 1 aliphatic rings. The van der Waals surface area contributed by atoms with Gasteiger partial charge in [0.25, 0.3) is 0 Å². The van der Waals surface area contributed by atoms with Gasteiger partial charge in [-0.1, -0.05) is 37.4 Å². The molecule has 2 rings (SSSR count). The van der Waals surface area contributed by atoms with Gasteiger partial charge in [-0.2, -0.15) is 0 Å². The highest BCUT2D eigenvalue weighted by Crippen LogP contribution is 2.14. The Labute approximate surface area is 137 Å². The molecule has 23 heavy (non-hydrogen) atoms. The molecule has 5 nitrogen and oxygen atoms in total. The van der Waals surface area contributed by atoms with Gasteiger partial charge in [0, 0.05) is 11.1 Å². The first kappa shape index (κ1) is 17.3. The summed E-state index contributed by atoms with van der Waals surface area (Å²) in [6.45, 7) is 12.0. The minimum atomic E-state index is -0.422. The lowest BCUT2D eigenvalue weighted by Gasteiger charge is -2.11. The predicted molar refractivity (Wildman–Crippen MR) is 89.1 cm³/mol. The van der Waals surface area contributed by atoms with Crippen LogP contribution in [0, 0.1) is 0 Å². The van der Waals surface area contributed by atoms with Crippen LogP contribution in [0.4, 0.5) is 0 Å². The van der Waals surface area contributed by atoms with E-state index in [0.717, 1.165) is 11.0 Å². The molecule has 1 atom stereocenters. The molecule has 0 amide bonds. The third-order valence-electron chi connectivity index (χ3n) is 3.28. The Morgan fingerprint density at radius 1 is 1.26 bits per heavy atom. The third kappa shape index (κ3) is 4.98. The summed E-state index contributed by atoms with van der Waals surface area (Å²) in [6, 6.07) is 7.64. The summed E-state index contributed by atoms with van der Waals surface area (Å²) in [6.07, 6.45) is 0.111. The molecule has 1 aliphatic heterocycles. The van der Waals surface area contributed by atoms with Gasteiger partial charge >= 0.3 is 13.1 Å². The first-order chi connectivity index (χ1) is 11.0. The second kappa shape index (κ2) is 7.99. The third-order valence-corrected chi connectivity index (χ3v) is 3.28. The Morgan fingerprint density at radius 3 is 2.48 bits per heavy atom. The smallest absolute Gasteiger partial charge is 0.490 e. The molecule has 122 valence electrons. The average Bonchev–Trinajstić information content (AvgIpc) is 2.97. The zero-order valence-electron chi connectivity index (χ0n) is 13.5. The van der Waals surface area contributed by atoms with E-state index in [9.17, 15) is 4.79 Å². The van der Waals surface area contributed by atoms with Crippen molar-refractivity contribution in [3.8, 4) is 0 Å². The van der Waals surface area contributed by atoms with E-state index in [2.05, 4.69) is 13.2 Å². The number of benzene rings is 1. The molecular weight excluding hydrogens is 295 g/mol. The first-order valence-corrected chi connectivity index (χ1v) is 7.49. The van der Waals surface area contributed by atoms with E-state index in [1.165, 1.54) is 0 Å². The van der Waals surface area contributed by atoms with Crippen LogP contribution in [0.2, 0.25) is 0 Å². The summed E-state index contributed by atoms with van der Waals surface area (Å²) in [4.78, 5) is 11.2. The maximum absolute atomic E-state index is 11.2. The molecule has 6 heteroatoms. The quantitative estimate of drug-likeness (QED) is 0.253. The van der Waals surface area contributed by atoms with Crippen LogP contribution in [0.25, 0.3) is 5.76 Å². The van der Waals surface area contributed by atoms with Crippen molar-refractivity contribution in [3.05, 3.63) is 48.6 Å². The second-order valence-corrected chi connectivity index (χ2v) is 5.42. The van der Waals surface area contributed by atoms with Crippen molar-refractivity contribution in [1.29, 1.82) is 0 Å². The highest BCUT2D eigenvalue weighted by atomic mass is 16.6. The summed E-state index contributed by atoms with van der Waals surface area (Å²) >= 11 is 0. The van der Waals surface area contributed by atoms with Crippen molar-refractivity contribution in [2.24, 2.45) is 0 Å². The van der Waals surface area contributed by atoms with E-state index in [0.29, 0.717) is 17.9 Å². The first-order valence-electron chi connectivity index (χ1n) is 7.49. The molecule has 0 bridgehead atoms. The lowest BCUT2D eigenvalue weighted by Crippen LogP contribution is -2.32. The van der Waals surface area contributed by atoms with Crippen molar-refractivity contribution < 1.29 is 23.6 Å². The number of carbonyl (C=O) groups excluding carboxylic acids is 1. The van der Waals surface area contributed by atoms with Gasteiger partial charge in [-0.05, 0) is 19.3 Å². The van der Waals surface area contributed by atoms with E-state index in [-0.39, 0.29) is 26.4 Å². The van der Waals surface area contributed by atoms with Crippen molar-refractivity contribution >= 4 is 24.3 Å². The van der Waals surface area contributed by atoms with Crippen LogP contribution in [0.5, 0.6) is 0 Å². The number of hydrogen-bond acceptors (Lipinski definition) is 5. The van der Waals surface area contributed by atoms with Crippen molar-refractivity contribution in [1.82, 2.24) is 0 Å². The number of carbonyl (C=O) groups is 1. The fourth-order valence-electron chi connectivity index (χ4n) is 2.02. The summed E-state index contributed by atoms with van der Waals surface area (Å²) in [5.41, 5.74) is 2.18. The van der Waals surface area contributed by atoms with E-state index >= 15 is 0 Å². The zero-order valence-corrected chi connectivity index (χ0v) is 13.5. The highest BCUT2D eigenvalue weighted by molar-refractivity contribution is 6.61. The number of rotatable bonds is 7. The second-order valence-electron chi connectivity index (χ2n) is 5.42. The largest absolute Gasteiger partial charge is 0.494 e. The van der Waals surface area contributed by atoms with Gasteiger partial charge in [0.15, 0.2) is 0 Å². The van der Waals surface area contributed by atoms with Gasteiger partial charge in [0.2, 0.25) is 0 Å². The number of esters is 1. The molecule has 0 radical (unpaired) electrons. The molecule has 0 aromatic heterocycles. The molecule has 1 aromatic carbocycles. The van der Waals surface area contributed by atoms with Gasteiger partial charge in [-0.25, -0.2) is 4.79 Å². The molecule has 0 saturated carbocycles. The van der Waals surface area contributed by atoms with Gasteiger partial charge in [-0.15, -0.1) is 0 Å². The summed E-state index contributed by atoms with van der Waals surface area (Å²) < 4.78 is 21.6. The molecule has 1 saturated heterocycles. The molecule has 1 unspecified atom stereocenters. The molecule has 1 aromatic rings. The molecule has 0 N–H and O–H groups in total. The van der Waals surface area contributed by atoms with Crippen molar-refractivity contribution in [2.45, 2.75) is 20.0 Å². The van der Waals surface area contributed by atoms with Crippen molar-refractivity contribution in [2.75, 3.05) is 19.8 Å². The molecule has 1 fully saturated rings. The topological polar surface area (TPSA) is 54.0 Å². The highest BCUT2D eigenvalue weighted by Gasteiger charge is 2.30. The Morgan fingerprint density at radius 2 is 1.91 bits per heavy atom. The molecule has 0 spiro atoms. The van der Waals surface area contributed by atoms with Gasteiger partial charge in [-0.3, -0.25) is 0 Å².